The monoisotopic (exact) mass is 368 g/mol. The molecule has 0 aliphatic heterocycles. The van der Waals surface area contributed by atoms with Gasteiger partial charge >= 0.3 is 0 Å². The Morgan fingerprint density at radius 1 is 1.20 bits per heavy atom. The van der Waals surface area contributed by atoms with Gasteiger partial charge in [-0.05, 0) is 54.6 Å². The van der Waals surface area contributed by atoms with Gasteiger partial charge in [0, 0.05) is 5.69 Å². The minimum atomic E-state index is -0.0489. The molecule has 3 heterocycles. The summed E-state index contributed by atoms with van der Waals surface area (Å²) in [4.78, 5) is 12.3. The lowest BCUT2D eigenvalue weighted by atomic mass is 10.1. The summed E-state index contributed by atoms with van der Waals surface area (Å²) >= 11 is 3.09. The van der Waals surface area contributed by atoms with Crippen molar-refractivity contribution in [1.82, 2.24) is 14.6 Å². The third-order valence-electron chi connectivity index (χ3n) is 3.84. The van der Waals surface area contributed by atoms with E-state index in [1.54, 1.807) is 17.7 Å². The van der Waals surface area contributed by atoms with Crippen LogP contribution in [0.2, 0.25) is 0 Å². The SMILES string of the molecule is Cc1cc(C)cc(NC(=O)CSc2nncn3c2cc2sccc23)c1. The number of thiophene rings is 1. The Morgan fingerprint density at radius 2 is 2.00 bits per heavy atom. The molecule has 0 fully saturated rings. The average molecular weight is 368 g/mol. The molecule has 0 aliphatic rings. The van der Waals surface area contributed by atoms with Crippen molar-refractivity contribution < 1.29 is 4.79 Å². The van der Waals surface area contributed by atoms with Crippen molar-refractivity contribution in [2.75, 3.05) is 11.1 Å². The van der Waals surface area contributed by atoms with Crippen LogP contribution in [-0.2, 0) is 4.79 Å². The highest BCUT2D eigenvalue weighted by Crippen LogP contribution is 2.29. The van der Waals surface area contributed by atoms with Crippen LogP contribution in [0.4, 0.5) is 5.69 Å². The van der Waals surface area contributed by atoms with E-state index in [9.17, 15) is 4.79 Å². The zero-order chi connectivity index (χ0) is 17.4. The van der Waals surface area contributed by atoms with E-state index in [0.717, 1.165) is 32.9 Å². The lowest BCUT2D eigenvalue weighted by Crippen LogP contribution is -2.14. The number of anilines is 1. The van der Waals surface area contributed by atoms with Crippen molar-refractivity contribution >= 4 is 50.4 Å². The molecule has 7 heteroatoms. The highest BCUT2D eigenvalue weighted by Gasteiger charge is 2.12. The quantitative estimate of drug-likeness (QED) is 0.546. The van der Waals surface area contributed by atoms with E-state index >= 15 is 0 Å². The summed E-state index contributed by atoms with van der Waals surface area (Å²) in [5, 5.41) is 14.0. The van der Waals surface area contributed by atoms with Gasteiger partial charge in [-0.25, -0.2) is 0 Å². The van der Waals surface area contributed by atoms with Crippen LogP contribution in [0.15, 0.2) is 47.1 Å². The third-order valence-corrected chi connectivity index (χ3v) is 5.66. The van der Waals surface area contributed by atoms with Gasteiger partial charge in [-0.3, -0.25) is 9.20 Å². The van der Waals surface area contributed by atoms with Gasteiger partial charge < -0.3 is 5.32 Å². The molecule has 0 atom stereocenters. The van der Waals surface area contributed by atoms with Crippen LogP contribution in [0.1, 0.15) is 11.1 Å². The van der Waals surface area contributed by atoms with Crippen LogP contribution in [0.3, 0.4) is 0 Å². The second kappa shape index (κ2) is 6.50. The summed E-state index contributed by atoms with van der Waals surface area (Å²) < 4.78 is 3.21. The molecule has 1 aromatic carbocycles. The first-order valence-electron chi connectivity index (χ1n) is 7.81. The van der Waals surface area contributed by atoms with Crippen LogP contribution in [0.5, 0.6) is 0 Å². The molecule has 4 aromatic rings. The molecule has 126 valence electrons. The number of hydrogen-bond acceptors (Lipinski definition) is 5. The summed E-state index contributed by atoms with van der Waals surface area (Å²) in [6.45, 7) is 4.04. The predicted molar refractivity (Wildman–Crippen MR) is 104 cm³/mol. The Balaban J connectivity index is 1.51. The molecule has 0 radical (unpaired) electrons. The molecule has 1 N–H and O–H groups in total. The molecule has 0 aliphatic carbocycles. The van der Waals surface area contributed by atoms with Crippen molar-refractivity contribution in [3.05, 3.63) is 53.2 Å². The third kappa shape index (κ3) is 3.25. The Kier molecular flexibility index (Phi) is 4.19. The van der Waals surface area contributed by atoms with Gasteiger partial charge in [0.2, 0.25) is 5.91 Å². The van der Waals surface area contributed by atoms with Crippen LogP contribution in [0.25, 0.3) is 15.7 Å². The van der Waals surface area contributed by atoms with Crippen LogP contribution in [-0.4, -0.2) is 26.3 Å². The molecule has 0 saturated heterocycles. The number of aromatic nitrogens is 3. The minimum Gasteiger partial charge on any atom is -0.325 e. The van der Waals surface area contributed by atoms with E-state index in [4.69, 9.17) is 0 Å². The van der Waals surface area contributed by atoms with E-state index < -0.39 is 0 Å². The maximum atomic E-state index is 12.3. The Morgan fingerprint density at radius 3 is 2.80 bits per heavy atom. The molecule has 0 bridgehead atoms. The molecular weight excluding hydrogens is 352 g/mol. The van der Waals surface area contributed by atoms with E-state index in [2.05, 4.69) is 39.1 Å². The lowest BCUT2D eigenvalue weighted by Gasteiger charge is -2.07. The minimum absolute atomic E-state index is 0.0489. The number of rotatable bonds is 4. The molecule has 0 unspecified atom stereocenters. The van der Waals surface area contributed by atoms with Gasteiger partial charge in [0.25, 0.3) is 0 Å². The van der Waals surface area contributed by atoms with E-state index in [0.29, 0.717) is 5.75 Å². The van der Waals surface area contributed by atoms with Crippen LogP contribution < -0.4 is 5.32 Å². The predicted octanol–water partition coefficient (Wildman–Crippen LogP) is 4.29. The van der Waals surface area contributed by atoms with Gasteiger partial charge in [-0.2, -0.15) is 0 Å². The number of nitrogens with zero attached hydrogens (tertiary/aromatic N) is 3. The summed E-state index contributed by atoms with van der Waals surface area (Å²) in [6.07, 6.45) is 1.71. The molecule has 5 nitrogen and oxygen atoms in total. The van der Waals surface area contributed by atoms with Crippen molar-refractivity contribution in [1.29, 1.82) is 0 Å². The molecule has 4 rings (SSSR count). The Bertz CT molecular complexity index is 1060. The highest BCUT2D eigenvalue weighted by molar-refractivity contribution is 8.00. The largest absolute Gasteiger partial charge is 0.325 e. The Hall–Kier alpha value is -2.38. The summed E-state index contributed by atoms with van der Waals surface area (Å²) in [6, 6.07) is 10.2. The van der Waals surface area contributed by atoms with E-state index in [-0.39, 0.29) is 5.91 Å². The topological polar surface area (TPSA) is 59.3 Å². The maximum absolute atomic E-state index is 12.3. The molecule has 25 heavy (non-hydrogen) atoms. The number of hydrogen-bond donors (Lipinski definition) is 1. The molecule has 1 amide bonds. The smallest absolute Gasteiger partial charge is 0.234 e. The number of aryl methyl sites for hydroxylation is 2. The van der Waals surface area contributed by atoms with Crippen molar-refractivity contribution in [3.8, 4) is 0 Å². The number of carbonyl (C=O) groups excluding carboxylic acids is 1. The summed E-state index contributed by atoms with van der Waals surface area (Å²) in [7, 11) is 0. The van der Waals surface area contributed by atoms with Crippen molar-refractivity contribution in [3.63, 3.8) is 0 Å². The standard InChI is InChI=1S/C18H16N4OS2/c1-11-5-12(2)7-13(6-11)20-17(23)9-25-18-15-8-16-14(3-4-24-16)22(15)10-19-21-18/h3-8,10H,9H2,1-2H3,(H,20,23). The maximum Gasteiger partial charge on any atom is 0.234 e. The van der Waals surface area contributed by atoms with Gasteiger partial charge in [0.1, 0.15) is 11.4 Å². The zero-order valence-electron chi connectivity index (χ0n) is 13.8. The number of carbonyl (C=O) groups is 1. The van der Waals surface area contributed by atoms with Gasteiger partial charge in [0.05, 0.1) is 21.5 Å². The lowest BCUT2D eigenvalue weighted by molar-refractivity contribution is -0.113. The van der Waals surface area contributed by atoms with Gasteiger partial charge in [-0.15, -0.1) is 21.5 Å². The fraction of sp³-hybridized carbons (Fsp3) is 0.167. The molecule has 3 aromatic heterocycles. The first-order valence-corrected chi connectivity index (χ1v) is 9.67. The second-order valence-corrected chi connectivity index (χ2v) is 7.83. The molecule has 0 spiro atoms. The number of amides is 1. The van der Waals surface area contributed by atoms with Crippen LogP contribution >= 0.6 is 23.1 Å². The van der Waals surface area contributed by atoms with Crippen LogP contribution in [0, 0.1) is 13.8 Å². The normalized spacial score (nSPS) is 11.3. The van der Waals surface area contributed by atoms with Gasteiger partial charge in [0.15, 0.2) is 0 Å². The fourth-order valence-electron chi connectivity index (χ4n) is 2.90. The number of benzene rings is 1. The van der Waals surface area contributed by atoms with Crippen molar-refractivity contribution in [2.24, 2.45) is 0 Å². The zero-order valence-corrected chi connectivity index (χ0v) is 15.4. The van der Waals surface area contributed by atoms with E-state index in [1.165, 1.54) is 16.5 Å². The van der Waals surface area contributed by atoms with E-state index in [1.807, 2.05) is 30.4 Å². The number of thioether (sulfide) groups is 1. The summed E-state index contributed by atoms with van der Waals surface area (Å²) in [5.41, 5.74) is 5.20. The first kappa shape index (κ1) is 16.1. The average Bonchev–Trinajstić information content (AvgIpc) is 3.13. The number of fused-ring (bicyclic) bond motifs is 3. The second-order valence-electron chi connectivity index (χ2n) is 5.92. The first-order chi connectivity index (χ1) is 12.1. The highest BCUT2D eigenvalue weighted by atomic mass is 32.2. The van der Waals surface area contributed by atoms with Gasteiger partial charge in [-0.1, -0.05) is 17.8 Å². The summed E-state index contributed by atoms with van der Waals surface area (Å²) in [5.74, 6) is 0.243. The van der Waals surface area contributed by atoms with Crippen molar-refractivity contribution in [2.45, 2.75) is 18.9 Å². The molecular formula is C18H16N4OS2. The number of nitrogens with one attached hydrogen (secondary N) is 1. The Labute approximate surface area is 153 Å². The molecule has 0 saturated carbocycles. The fourth-order valence-corrected chi connectivity index (χ4v) is 4.46.